The molecule has 0 fully saturated rings. The fourth-order valence-electron chi connectivity index (χ4n) is 1.83. The van der Waals surface area contributed by atoms with Gasteiger partial charge in [-0.05, 0) is 29.9 Å². The van der Waals surface area contributed by atoms with Crippen LogP contribution in [-0.4, -0.2) is 26.2 Å². The van der Waals surface area contributed by atoms with Crippen LogP contribution >= 0.6 is 0 Å². The van der Waals surface area contributed by atoms with Crippen LogP contribution in [0.1, 0.15) is 24.5 Å². The van der Waals surface area contributed by atoms with Crippen molar-refractivity contribution < 1.29 is 4.92 Å². The fourth-order valence-corrected chi connectivity index (χ4v) is 1.83. The summed E-state index contributed by atoms with van der Waals surface area (Å²) in [6.07, 6.45) is 4.46. The Labute approximate surface area is 116 Å². The van der Waals surface area contributed by atoms with E-state index in [2.05, 4.69) is 22.3 Å². The molecule has 0 saturated heterocycles. The Morgan fingerprint density at radius 2 is 2.25 bits per heavy atom. The molecule has 0 aliphatic heterocycles. The van der Waals surface area contributed by atoms with Crippen molar-refractivity contribution >= 4 is 11.6 Å². The molecule has 0 aliphatic rings. The molecule has 2 rings (SSSR count). The average molecular weight is 275 g/mol. The van der Waals surface area contributed by atoms with Gasteiger partial charge in [0.2, 0.25) is 0 Å². The van der Waals surface area contributed by atoms with Crippen LogP contribution in [0.2, 0.25) is 0 Å². The van der Waals surface area contributed by atoms with Gasteiger partial charge in [0.25, 0.3) is 0 Å². The van der Waals surface area contributed by atoms with E-state index in [-0.39, 0.29) is 5.82 Å². The van der Waals surface area contributed by atoms with Crippen LogP contribution in [0.5, 0.6) is 0 Å². The molecule has 0 unspecified atom stereocenters. The molecular weight excluding hydrogens is 258 g/mol. The molecule has 0 bridgehead atoms. The van der Waals surface area contributed by atoms with Crippen molar-refractivity contribution in [3.63, 3.8) is 0 Å². The van der Waals surface area contributed by atoms with Crippen LogP contribution in [0.4, 0.5) is 11.6 Å². The molecule has 0 atom stereocenters. The number of nitrogens with one attached hydrogen (secondary N) is 1. The second-order valence-electron chi connectivity index (χ2n) is 4.57. The average Bonchev–Trinajstić information content (AvgIpc) is 2.79. The lowest BCUT2D eigenvalue weighted by atomic mass is 10.3. The van der Waals surface area contributed by atoms with Crippen LogP contribution in [0.25, 0.3) is 0 Å². The van der Waals surface area contributed by atoms with E-state index in [1.165, 1.54) is 0 Å². The highest BCUT2D eigenvalue weighted by atomic mass is 16.6. The monoisotopic (exact) mass is 275 g/mol. The molecule has 2 aromatic rings. The van der Waals surface area contributed by atoms with Gasteiger partial charge in [-0.15, -0.1) is 0 Å². The third-order valence-electron chi connectivity index (χ3n) is 2.82. The Balaban J connectivity index is 2.06. The first kappa shape index (κ1) is 14.0. The zero-order valence-electron chi connectivity index (χ0n) is 11.5. The Bertz CT molecular complexity index is 591. The quantitative estimate of drug-likeness (QED) is 0.646. The predicted octanol–water partition coefficient (Wildman–Crippen LogP) is 2.36. The van der Waals surface area contributed by atoms with E-state index >= 15 is 0 Å². The maximum absolute atomic E-state index is 10.7. The van der Waals surface area contributed by atoms with Crippen LogP contribution in [0, 0.1) is 17.0 Å². The number of aromatic nitrogens is 3. The third-order valence-corrected chi connectivity index (χ3v) is 2.82. The van der Waals surface area contributed by atoms with Crippen LogP contribution in [0.15, 0.2) is 24.5 Å². The Kier molecular flexibility index (Phi) is 4.29. The standard InChI is InChI=1S/C13H17N5O2/c1-3-6-14-12-5-4-11(7-15-12)9-17-8-10(2)13(16-17)18(19)20/h4-5,7-8H,3,6,9H2,1-2H3,(H,14,15). The molecule has 0 saturated carbocycles. The maximum Gasteiger partial charge on any atom is 0.392 e. The zero-order valence-corrected chi connectivity index (χ0v) is 11.5. The zero-order chi connectivity index (χ0) is 14.5. The molecule has 20 heavy (non-hydrogen) atoms. The Hall–Kier alpha value is -2.44. The van der Waals surface area contributed by atoms with E-state index in [0.717, 1.165) is 24.3 Å². The summed E-state index contributed by atoms with van der Waals surface area (Å²) >= 11 is 0. The minimum absolute atomic E-state index is 0.0980. The normalized spacial score (nSPS) is 10.5. The number of hydrogen-bond donors (Lipinski definition) is 1. The highest BCUT2D eigenvalue weighted by Gasteiger charge is 2.16. The molecule has 0 spiro atoms. The number of rotatable bonds is 6. The first-order valence-electron chi connectivity index (χ1n) is 6.47. The van der Waals surface area contributed by atoms with Crippen LogP contribution < -0.4 is 5.32 Å². The molecule has 0 aliphatic carbocycles. The summed E-state index contributed by atoms with van der Waals surface area (Å²) < 4.78 is 1.56. The largest absolute Gasteiger partial charge is 0.392 e. The van der Waals surface area contributed by atoms with Gasteiger partial charge in [-0.1, -0.05) is 13.0 Å². The first-order chi connectivity index (χ1) is 9.60. The van der Waals surface area contributed by atoms with E-state index in [1.807, 2.05) is 12.1 Å². The van der Waals surface area contributed by atoms with Crippen molar-refractivity contribution in [2.45, 2.75) is 26.8 Å². The SMILES string of the molecule is CCCNc1ccc(Cn2cc(C)c([N+](=O)[O-])n2)cn1. The molecule has 1 N–H and O–H groups in total. The summed E-state index contributed by atoms with van der Waals surface area (Å²) in [6.45, 7) is 5.12. The summed E-state index contributed by atoms with van der Waals surface area (Å²) in [5.41, 5.74) is 1.51. The van der Waals surface area contributed by atoms with Crippen molar-refractivity contribution in [2.75, 3.05) is 11.9 Å². The van der Waals surface area contributed by atoms with E-state index < -0.39 is 4.92 Å². The molecule has 7 heteroatoms. The lowest BCUT2D eigenvalue weighted by molar-refractivity contribution is -0.390. The summed E-state index contributed by atoms with van der Waals surface area (Å²) in [5, 5.41) is 17.9. The number of pyridine rings is 1. The topological polar surface area (TPSA) is 85.9 Å². The second-order valence-corrected chi connectivity index (χ2v) is 4.57. The van der Waals surface area contributed by atoms with Crippen LogP contribution in [0.3, 0.4) is 0 Å². The Morgan fingerprint density at radius 3 is 2.80 bits per heavy atom. The molecular formula is C13H17N5O2. The van der Waals surface area contributed by atoms with Gasteiger partial charge >= 0.3 is 5.82 Å². The molecule has 0 amide bonds. The smallest absolute Gasteiger partial charge is 0.370 e. The van der Waals surface area contributed by atoms with Gasteiger partial charge in [0.15, 0.2) is 0 Å². The van der Waals surface area contributed by atoms with E-state index in [9.17, 15) is 10.1 Å². The van der Waals surface area contributed by atoms with Crippen LogP contribution in [-0.2, 0) is 6.54 Å². The van der Waals surface area contributed by atoms with Crippen molar-refractivity contribution in [3.05, 3.63) is 45.8 Å². The lowest BCUT2D eigenvalue weighted by Crippen LogP contribution is -2.04. The minimum atomic E-state index is -0.470. The van der Waals surface area contributed by atoms with Gasteiger partial charge in [0.05, 0.1) is 23.4 Å². The van der Waals surface area contributed by atoms with Gasteiger partial charge in [-0.2, -0.15) is 4.68 Å². The number of aryl methyl sites for hydroxylation is 1. The second kappa shape index (κ2) is 6.14. The lowest BCUT2D eigenvalue weighted by Gasteiger charge is -2.04. The Morgan fingerprint density at radius 1 is 1.45 bits per heavy atom. The highest BCUT2D eigenvalue weighted by molar-refractivity contribution is 5.35. The van der Waals surface area contributed by atoms with Crippen molar-refractivity contribution in [1.82, 2.24) is 14.8 Å². The number of anilines is 1. The minimum Gasteiger partial charge on any atom is -0.370 e. The highest BCUT2D eigenvalue weighted by Crippen LogP contribution is 2.15. The van der Waals surface area contributed by atoms with Gasteiger partial charge in [-0.3, -0.25) is 0 Å². The first-order valence-corrected chi connectivity index (χ1v) is 6.47. The van der Waals surface area contributed by atoms with Crippen molar-refractivity contribution in [1.29, 1.82) is 0 Å². The van der Waals surface area contributed by atoms with Gasteiger partial charge < -0.3 is 15.4 Å². The predicted molar refractivity (Wildman–Crippen MR) is 75.7 cm³/mol. The summed E-state index contributed by atoms with van der Waals surface area (Å²) in [6, 6.07) is 3.84. The molecule has 106 valence electrons. The van der Waals surface area contributed by atoms with Gasteiger partial charge in [-0.25, -0.2) is 4.98 Å². The number of hydrogen-bond acceptors (Lipinski definition) is 5. The molecule has 2 heterocycles. The van der Waals surface area contributed by atoms with Crippen molar-refractivity contribution in [2.24, 2.45) is 0 Å². The molecule has 2 aromatic heterocycles. The fraction of sp³-hybridized carbons (Fsp3) is 0.385. The maximum atomic E-state index is 10.7. The summed E-state index contributed by atoms with van der Waals surface area (Å²) in [4.78, 5) is 14.6. The summed E-state index contributed by atoms with van der Waals surface area (Å²) in [5.74, 6) is 0.734. The van der Waals surface area contributed by atoms with Gasteiger partial charge in [0, 0.05) is 12.7 Å². The third kappa shape index (κ3) is 3.31. The summed E-state index contributed by atoms with van der Waals surface area (Å²) in [7, 11) is 0. The van der Waals surface area contributed by atoms with Crippen molar-refractivity contribution in [3.8, 4) is 0 Å². The molecule has 0 aromatic carbocycles. The molecule has 0 radical (unpaired) electrons. The number of nitrogens with zero attached hydrogens (tertiary/aromatic N) is 4. The number of nitro groups is 1. The van der Waals surface area contributed by atoms with E-state index in [4.69, 9.17) is 0 Å². The molecule has 7 nitrogen and oxygen atoms in total. The van der Waals surface area contributed by atoms with Gasteiger partial charge in [0.1, 0.15) is 5.82 Å². The van der Waals surface area contributed by atoms with E-state index in [0.29, 0.717) is 12.1 Å². The van der Waals surface area contributed by atoms with E-state index in [1.54, 1.807) is 24.0 Å².